The van der Waals surface area contributed by atoms with Crippen LogP contribution in [0.4, 0.5) is 0 Å². The molecule has 0 spiro atoms. The van der Waals surface area contributed by atoms with Crippen LogP contribution in [0.15, 0.2) is 30.3 Å². The molecule has 2 aliphatic heterocycles. The topological polar surface area (TPSA) is 58.8 Å². The molecule has 3 rings (SSSR count). The van der Waals surface area contributed by atoms with Gasteiger partial charge in [0, 0.05) is 19.6 Å². The fraction of sp³-hybridized carbons (Fsp3) is 0.650. The Bertz CT molecular complexity index is 557. The Balaban J connectivity index is 1.38. The number of rotatable bonds is 6. The second kappa shape index (κ2) is 8.30. The number of carbonyl (C=O) groups is 1. The van der Waals surface area contributed by atoms with Crippen molar-refractivity contribution >= 4 is 5.91 Å². The summed E-state index contributed by atoms with van der Waals surface area (Å²) in [5, 5.41) is 0. The van der Waals surface area contributed by atoms with Gasteiger partial charge in [-0.25, -0.2) is 0 Å². The molecule has 0 aliphatic carbocycles. The van der Waals surface area contributed by atoms with Crippen molar-refractivity contribution < 1.29 is 9.53 Å². The highest BCUT2D eigenvalue weighted by Crippen LogP contribution is 2.28. The fourth-order valence-corrected chi connectivity index (χ4v) is 3.78. The summed E-state index contributed by atoms with van der Waals surface area (Å²) in [5.41, 5.74) is 7.24. The van der Waals surface area contributed by atoms with Crippen LogP contribution in [-0.2, 0) is 16.1 Å². The predicted octanol–water partition coefficient (Wildman–Crippen LogP) is 1.86. The van der Waals surface area contributed by atoms with Gasteiger partial charge in [-0.3, -0.25) is 9.69 Å². The molecular formula is C20H31N3O2. The van der Waals surface area contributed by atoms with E-state index in [2.05, 4.69) is 24.0 Å². The minimum Gasteiger partial charge on any atom is -0.373 e. The number of likely N-dealkylation sites (tertiary alicyclic amines) is 2. The second-order valence-electron chi connectivity index (χ2n) is 7.85. The molecule has 0 radical (unpaired) electrons. The number of hydrogen-bond acceptors (Lipinski definition) is 4. The van der Waals surface area contributed by atoms with E-state index in [1.165, 1.54) is 5.56 Å². The van der Waals surface area contributed by atoms with Gasteiger partial charge >= 0.3 is 0 Å². The number of amides is 1. The molecule has 2 heterocycles. The summed E-state index contributed by atoms with van der Waals surface area (Å²) in [4.78, 5) is 16.8. The lowest BCUT2D eigenvalue weighted by Crippen LogP contribution is -2.45. The summed E-state index contributed by atoms with van der Waals surface area (Å²) < 4.78 is 6.01. The summed E-state index contributed by atoms with van der Waals surface area (Å²) in [7, 11) is 0. The molecule has 2 N–H and O–H groups in total. The van der Waals surface area contributed by atoms with Crippen LogP contribution in [0.1, 0.15) is 31.7 Å². The third kappa shape index (κ3) is 5.03. The first-order valence-electron chi connectivity index (χ1n) is 9.44. The van der Waals surface area contributed by atoms with Gasteiger partial charge in [0.1, 0.15) is 0 Å². The SMILES string of the molecule is CC1(CN)CCN(CC(=O)N2CCC(OCc3ccccc3)CC2)C1. The number of hydrogen-bond donors (Lipinski definition) is 1. The quantitative estimate of drug-likeness (QED) is 0.855. The van der Waals surface area contributed by atoms with Crippen LogP contribution >= 0.6 is 0 Å². The molecule has 138 valence electrons. The molecule has 0 saturated carbocycles. The molecule has 0 aromatic heterocycles. The van der Waals surface area contributed by atoms with Gasteiger partial charge in [0.25, 0.3) is 0 Å². The number of carbonyl (C=O) groups excluding carboxylic acids is 1. The fourth-order valence-electron chi connectivity index (χ4n) is 3.78. The van der Waals surface area contributed by atoms with E-state index < -0.39 is 0 Å². The van der Waals surface area contributed by atoms with Gasteiger partial charge in [-0.1, -0.05) is 37.3 Å². The number of piperidine rings is 1. The molecular weight excluding hydrogens is 314 g/mol. The minimum absolute atomic E-state index is 0.179. The Hall–Kier alpha value is -1.43. The van der Waals surface area contributed by atoms with Gasteiger partial charge in [-0.15, -0.1) is 0 Å². The van der Waals surface area contributed by atoms with Gasteiger partial charge in [-0.2, -0.15) is 0 Å². The molecule has 2 fully saturated rings. The Morgan fingerprint density at radius 1 is 1.24 bits per heavy atom. The van der Waals surface area contributed by atoms with Gasteiger partial charge in [0.15, 0.2) is 0 Å². The molecule has 1 unspecified atom stereocenters. The number of ether oxygens (including phenoxy) is 1. The first-order valence-corrected chi connectivity index (χ1v) is 9.44. The van der Waals surface area contributed by atoms with E-state index in [1.807, 2.05) is 23.1 Å². The lowest BCUT2D eigenvalue weighted by molar-refractivity contribution is -0.135. The summed E-state index contributed by atoms with van der Waals surface area (Å²) >= 11 is 0. The highest BCUT2D eigenvalue weighted by Gasteiger charge is 2.34. The normalized spacial score (nSPS) is 25.4. The molecule has 1 aromatic rings. The van der Waals surface area contributed by atoms with Crippen LogP contribution in [0.3, 0.4) is 0 Å². The largest absolute Gasteiger partial charge is 0.373 e. The van der Waals surface area contributed by atoms with Crippen LogP contribution < -0.4 is 5.73 Å². The van der Waals surface area contributed by atoms with Crippen LogP contribution in [-0.4, -0.2) is 61.1 Å². The molecule has 2 saturated heterocycles. The van der Waals surface area contributed by atoms with Gasteiger partial charge in [0.2, 0.25) is 5.91 Å². The van der Waals surface area contributed by atoms with Gasteiger partial charge in [0.05, 0.1) is 19.3 Å². The van der Waals surface area contributed by atoms with Crippen molar-refractivity contribution in [2.75, 3.05) is 39.3 Å². The van der Waals surface area contributed by atoms with Gasteiger partial charge in [-0.05, 0) is 43.3 Å². The molecule has 25 heavy (non-hydrogen) atoms. The third-order valence-electron chi connectivity index (χ3n) is 5.61. The average molecular weight is 345 g/mol. The van der Waals surface area contributed by atoms with Crippen molar-refractivity contribution in [1.29, 1.82) is 0 Å². The zero-order chi connectivity index (χ0) is 17.7. The number of nitrogens with two attached hydrogens (primary N) is 1. The summed E-state index contributed by atoms with van der Waals surface area (Å²) in [6.07, 6.45) is 3.21. The first-order chi connectivity index (χ1) is 12.1. The van der Waals surface area contributed by atoms with E-state index in [9.17, 15) is 4.79 Å². The molecule has 1 aromatic carbocycles. The maximum atomic E-state index is 12.6. The Morgan fingerprint density at radius 3 is 2.60 bits per heavy atom. The molecule has 5 heteroatoms. The highest BCUT2D eigenvalue weighted by atomic mass is 16.5. The van der Waals surface area contributed by atoms with E-state index in [4.69, 9.17) is 10.5 Å². The van der Waals surface area contributed by atoms with Crippen molar-refractivity contribution in [3.05, 3.63) is 35.9 Å². The second-order valence-corrected chi connectivity index (χ2v) is 7.85. The van der Waals surface area contributed by atoms with E-state index in [-0.39, 0.29) is 17.4 Å². The summed E-state index contributed by atoms with van der Waals surface area (Å²) in [5.74, 6) is 0.253. The molecule has 1 amide bonds. The van der Waals surface area contributed by atoms with Crippen molar-refractivity contribution in [3.63, 3.8) is 0 Å². The van der Waals surface area contributed by atoms with Crippen LogP contribution in [0.2, 0.25) is 0 Å². The summed E-state index contributed by atoms with van der Waals surface area (Å²) in [6, 6.07) is 10.3. The summed E-state index contributed by atoms with van der Waals surface area (Å²) in [6.45, 7) is 7.63. The van der Waals surface area contributed by atoms with Crippen LogP contribution in [0, 0.1) is 5.41 Å². The van der Waals surface area contributed by atoms with E-state index >= 15 is 0 Å². The number of nitrogens with zero attached hydrogens (tertiary/aromatic N) is 2. The Morgan fingerprint density at radius 2 is 1.96 bits per heavy atom. The zero-order valence-corrected chi connectivity index (χ0v) is 15.3. The van der Waals surface area contributed by atoms with E-state index in [0.717, 1.165) is 45.4 Å². The maximum absolute atomic E-state index is 12.6. The molecule has 5 nitrogen and oxygen atoms in total. The maximum Gasteiger partial charge on any atom is 0.236 e. The standard InChI is InChI=1S/C20H31N3O2/c1-20(15-21)9-12-22(16-20)13-19(24)23-10-7-18(8-11-23)25-14-17-5-3-2-4-6-17/h2-6,18H,7-16,21H2,1H3. The highest BCUT2D eigenvalue weighted by molar-refractivity contribution is 5.78. The molecule has 0 bridgehead atoms. The number of benzene rings is 1. The van der Waals surface area contributed by atoms with Gasteiger partial charge < -0.3 is 15.4 Å². The van der Waals surface area contributed by atoms with E-state index in [0.29, 0.717) is 19.7 Å². The van der Waals surface area contributed by atoms with E-state index in [1.54, 1.807) is 0 Å². The molecule has 2 aliphatic rings. The van der Waals surface area contributed by atoms with Crippen LogP contribution in [0.25, 0.3) is 0 Å². The lowest BCUT2D eigenvalue weighted by Gasteiger charge is -2.33. The lowest BCUT2D eigenvalue weighted by atomic mass is 9.90. The Labute approximate surface area is 151 Å². The van der Waals surface area contributed by atoms with Crippen LogP contribution in [0.5, 0.6) is 0 Å². The smallest absolute Gasteiger partial charge is 0.236 e. The van der Waals surface area contributed by atoms with Crippen molar-refractivity contribution in [1.82, 2.24) is 9.80 Å². The third-order valence-corrected chi connectivity index (χ3v) is 5.61. The minimum atomic E-state index is 0.179. The van der Waals surface area contributed by atoms with Crippen molar-refractivity contribution in [2.24, 2.45) is 11.1 Å². The van der Waals surface area contributed by atoms with Crippen molar-refractivity contribution in [2.45, 2.75) is 38.9 Å². The van der Waals surface area contributed by atoms with Crippen molar-refractivity contribution in [3.8, 4) is 0 Å². The zero-order valence-electron chi connectivity index (χ0n) is 15.3. The Kier molecular flexibility index (Phi) is 6.10. The first kappa shape index (κ1) is 18.4. The predicted molar refractivity (Wildman–Crippen MR) is 99.1 cm³/mol. The monoisotopic (exact) mass is 345 g/mol. The average Bonchev–Trinajstić information content (AvgIpc) is 3.03. The molecule has 1 atom stereocenters.